The van der Waals surface area contributed by atoms with Crippen LogP contribution < -0.4 is 4.74 Å². The fraction of sp³-hybridized carbons (Fsp3) is 0.500. The van der Waals surface area contributed by atoms with Gasteiger partial charge >= 0.3 is 0 Å². The van der Waals surface area contributed by atoms with Crippen LogP contribution in [0.3, 0.4) is 0 Å². The van der Waals surface area contributed by atoms with Crippen LogP contribution in [0, 0.1) is 6.92 Å². The fourth-order valence-electron chi connectivity index (χ4n) is 1.18. The average Bonchev–Trinajstić information content (AvgIpc) is 2.10. The lowest BCUT2D eigenvalue weighted by atomic mass is 10.1. The van der Waals surface area contributed by atoms with Crippen molar-refractivity contribution in [2.24, 2.45) is 0 Å². The summed E-state index contributed by atoms with van der Waals surface area (Å²) < 4.78 is 5.25. The van der Waals surface area contributed by atoms with Gasteiger partial charge in [0.15, 0.2) is 0 Å². The molecule has 1 aromatic rings. The van der Waals surface area contributed by atoms with E-state index in [0.717, 1.165) is 11.3 Å². The Hall–Kier alpha value is -1.09. The Bertz CT molecular complexity index is 274. The monoisotopic (exact) mass is 181 g/mol. The molecule has 0 saturated carbocycles. The highest BCUT2D eigenvalue weighted by Gasteiger charge is 2.00. The number of aliphatic hydroxyl groups excluding tert-OH is 1. The van der Waals surface area contributed by atoms with E-state index >= 15 is 0 Å². The SMILES string of the molecule is CCOc1ccc(CCO)c(C)n1. The molecule has 0 fully saturated rings. The zero-order chi connectivity index (χ0) is 9.68. The van der Waals surface area contributed by atoms with Gasteiger partial charge in [-0.25, -0.2) is 4.98 Å². The van der Waals surface area contributed by atoms with E-state index in [1.165, 1.54) is 0 Å². The van der Waals surface area contributed by atoms with Crippen molar-refractivity contribution < 1.29 is 9.84 Å². The van der Waals surface area contributed by atoms with E-state index in [-0.39, 0.29) is 6.61 Å². The quantitative estimate of drug-likeness (QED) is 0.761. The zero-order valence-electron chi connectivity index (χ0n) is 8.08. The summed E-state index contributed by atoms with van der Waals surface area (Å²) in [6.45, 7) is 4.65. The van der Waals surface area contributed by atoms with Crippen molar-refractivity contribution in [1.29, 1.82) is 0 Å². The minimum absolute atomic E-state index is 0.163. The molecule has 0 aliphatic heterocycles. The van der Waals surface area contributed by atoms with Crippen LogP contribution in [0.25, 0.3) is 0 Å². The molecule has 0 radical (unpaired) electrons. The Labute approximate surface area is 78.4 Å². The lowest BCUT2D eigenvalue weighted by Gasteiger charge is -2.06. The Morgan fingerprint density at radius 3 is 2.77 bits per heavy atom. The van der Waals surface area contributed by atoms with Crippen molar-refractivity contribution in [1.82, 2.24) is 4.98 Å². The van der Waals surface area contributed by atoms with E-state index in [9.17, 15) is 0 Å². The van der Waals surface area contributed by atoms with Crippen molar-refractivity contribution in [2.75, 3.05) is 13.2 Å². The molecule has 0 unspecified atom stereocenters. The second-order valence-corrected chi connectivity index (χ2v) is 2.80. The largest absolute Gasteiger partial charge is 0.478 e. The topological polar surface area (TPSA) is 42.4 Å². The Balaban J connectivity index is 2.79. The molecule has 1 heterocycles. The Morgan fingerprint density at radius 2 is 2.23 bits per heavy atom. The third kappa shape index (κ3) is 2.70. The van der Waals surface area contributed by atoms with Crippen molar-refractivity contribution in [2.45, 2.75) is 20.3 Å². The first-order chi connectivity index (χ1) is 6.27. The first-order valence-electron chi connectivity index (χ1n) is 4.48. The van der Waals surface area contributed by atoms with Gasteiger partial charge in [0, 0.05) is 18.4 Å². The van der Waals surface area contributed by atoms with Crippen molar-refractivity contribution in [3.05, 3.63) is 23.4 Å². The summed E-state index contributed by atoms with van der Waals surface area (Å²) in [5.74, 6) is 0.654. The molecule has 0 spiro atoms. The van der Waals surface area contributed by atoms with E-state index in [4.69, 9.17) is 9.84 Å². The number of pyridine rings is 1. The maximum absolute atomic E-state index is 8.76. The fourth-order valence-corrected chi connectivity index (χ4v) is 1.18. The molecule has 1 rings (SSSR count). The first kappa shape index (κ1) is 9.99. The molecule has 0 saturated heterocycles. The highest BCUT2D eigenvalue weighted by molar-refractivity contribution is 5.25. The second-order valence-electron chi connectivity index (χ2n) is 2.80. The number of rotatable bonds is 4. The molecule has 0 atom stereocenters. The van der Waals surface area contributed by atoms with Crippen molar-refractivity contribution in [3.8, 4) is 5.88 Å². The van der Waals surface area contributed by atoms with Crippen LogP contribution in [0.15, 0.2) is 12.1 Å². The van der Waals surface area contributed by atoms with E-state index in [2.05, 4.69) is 4.98 Å². The van der Waals surface area contributed by atoms with Gasteiger partial charge in [0.05, 0.1) is 6.61 Å². The van der Waals surface area contributed by atoms with Crippen LogP contribution in [-0.2, 0) is 6.42 Å². The number of ether oxygens (including phenoxy) is 1. The van der Waals surface area contributed by atoms with E-state index < -0.39 is 0 Å². The van der Waals surface area contributed by atoms with Crippen LogP contribution >= 0.6 is 0 Å². The normalized spacial score (nSPS) is 10.1. The van der Waals surface area contributed by atoms with Gasteiger partial charge < -0.3 is 9.84 Å². The molecule has 0 aliphatic rings. The number of aromatic nitrogens is 1. The van der Waals surface area contributed by atoms with Crippen LogP contribution in [0.1, 0.15) is 18.2 Å². The molecule has 0 aromatic carbocycles. The van der Waals surface area contributed by atoms with Gasteiger partial charge in [0.1, 0.15) is 0 Å². The van der Waals surface area contributed by atoms with E-state index in [0.29, 0.717) is 18.9 Å². The van der Waals surface area contributed by atoms with Crippen LogP contribution in [0.2, 0.25) is 0 Å². The van der Waals surface area contributed by atoms with Gasteiger partial charge in [-0.3, -0.25) is 0 Å². The second kappa shape index (κ2) is 4.82. The Kier molecular flexibility index (Phi) is 3.71. The molecule has 0 bridgehead atoms. The van der Waals surface area contributed by atoms with Crippen molar-refractivity contribution in [3.63, 3.8) is 0 Å². The average molecular weight is 181 g/mol. The van der Waals surface area contributed by atoms with Crippen LogP contribution in [-0.4, -0.2) is 23.3 Å². The molecule has 0 aliphatic carbocycles. The molecule has 1 N–H and O–H groups in total. The Morgan fingerprint density at radius 1 is 1.46 bits per heavy atom. The standard InChI is InChI=1S/C10H15NO2/c1-3-13-10-5-4-9(6-7-12)8(2)11-10/h4-5,12H,3,6-7H2,1-2H3. The summed E-state index contributed by atoms with van der Waals surface area (Å²) in [7, 11) is 0. The van der Waals surface area contributed by atoms with Gasteiger partial charge in [0.25, 0.3) is 0 Å². The molecule has 0 amide bonds. The third-order valence-electron chi connectivity index (χ3n) is 1.84. The van der Waals surface area contributed by atoms with E-state index in [1.54, 1.807) is 0 Å². The predicted octanol–water partition coefficient (Wildman–Crippen LogP) is 1.32. The lowest BCUT2D eigenvalue weighted by molar-refractivity contribution is 0.298. The molecule has 13 heavy (non-hydrogen) atoms. The van der Waals surface area contributed by atoms with Crippen molar-refractivity contribution >= 4 is 0 Å². The number of aryl methyl sites for hydroxylation is 1. The number of aliphatic hydroxyl groups is 1. The highest BCUT2D eigenvalue weighted by atomic mass is 16.5. The molecule has 72 valence electrons. The summed E-state index contributed by atoms with van der Waals surface area (Å²) in [5.41, 5.74) is 2.01. The van der Waals surface area contributed by atoms with Gasteiger partial charge in [-0.1, -0.05) is 6.07 Å². The zero-order valence-corrected chi connectivity index (χ0v) is 8.08. The smallest absolute Gasteiger partial charge is 0.213 e. The summed E-state index contributed by atoms with van der Waals surface area (Å²) in [6, 6.07) is 3.78. The maximum atomic E-state index is 8.76. The molecular formula is C10H15NO2. The van der Waals surface area contributed by atoms with Crippen LogP contribution in [0.4, 0.5) is 0 Å². The van der Waals surface area contributed by atoms with E-state index in [1.807, 2.05) is 26.0 Å². The van der Waals surface area contributed by atoms with Gasteiger partial charge in [-0.15, -0.1) is 0 Å². The summed E-state index contributed by atoms with van der Waals surface area (Å²) in [6.07, 6.45) is 0.658. The molecule has 3 nitrogen and oxygen atoms in total. The number of nitrogens with zero attached hydrogens (tertiary/aromatic N) is 1. The van der Waals surface area contributed by atoms with Gasteiger partial charge in [-0.2, -0.15) is 0 Å². The number of hydrogen-bond acceptors (Lipinski definition) is 3. The highest BCUT2D eigenvalue weighted by Crippen LogP contribution is 2.12. The van der Waals surface area contributed by atoms with Gasteiger partial charge in [0.2, 0.25) is 5.88 Å². The maximum Gasteiger partial charge on any atom is 0.213 e. The minimum atomic E-state index is 0.163. The number of hydrogen-bond donors (Lipinski definition) is 1. The minimum Gasteiger partial charge on any atom is -0.478 e. The molecule has 3 heteroatoms. The first-order valence-corrected chi connectivity index (χ1v) is 4.48. The summed E-state index contributed by atoms with van der Waals surface area (Å²) >= 11 is 0. The molecular weight excluding hydrogens is 166 g/mol. The predicted molar refractivity (Wildman–Crippen MR) is 50.9 cm³/mol. The lowest BCUT2D eigenvalue weighted by Crippen LogP contribution is -2.00. The third-order valence-corrected chi connectivity index (χ3v) is 1.84. The summed E-state index contributed by atoms with van der Waals surface area (Å²) in [5, 5.41) is 8.76. The van der Waals surface area contributed by atoms with Gasteiger partial charge in [-0.05, 0) is 25.8 Å². The van der Waals surface area contributed by atoms with Crippen LogP contribution in [0.5, 0.6) is 5.88 Å². The summed E-state index contributed by atoms with van der Waals surface area (Å²) in [4.78, 5) is 4.25. The molecule has 1 aromatic heterocycles.